The Morgan fingerprint density at radius 1 is 0.146 bits per heavy atom. The average Bonchev–Trinajstić information content (AvgIpc) is 1.57. The second-order valence-corrected chi connectivity index (χ2v) is 36.3. The molecular weight excluding hydrogens is 1760 g/mol. The highest BCUT2D eigenvalue weighted by Crippen LogP contribution is 2.46. The van der Waals surface area contributed by atoms with Crippen LogP contribution in [0.5, 0.6) is 0 Å². The lowest BCUT2D eigenvalue weighted by Gasteiger charge is -2.13. The third-order valence-electron chi connectivity index (χ3n) is 27.7. The van der Waals surface area contributed by atoms with Crippen molar-refractivity contribution in [3.05, 3.63) is 504 Å². The number of hydrogen-bond donors (Lipinski definition) is 0. The molecule has 12 nitrogen and oxygen atoms in total. The molecule has 0 aliphatic carbocycles. The molecule has 0 amide bonds. The Kier molecular flexibility index (Phi) is 20.6. The van der Waals surface area contributed by atoms with Gasteiger partial charge >= 0.3 is 0 Å². The molecule has 0 aliphatic heterocycles. The molecule has 0 saturated heterocycles. The molecule has 0 saturated carbocycles. The highest BCUT2D eigenvalue weighted by molar-refractivity contribution is 6.17. The number of furan rings is 3. The number of para-hydroxylation sites is 10. The van der Waals surface area contributed by atoms with Gasteiger partial charge in [0.2, 0.25) is 0 Å². The summed E-state index contributed by atoms with van der Waals surface area (Å²) < 4.78 is 25.7. The number of nitrogens with zero attached hydrogens (tertiary/aromatic N) is 9. The standard InChI is InChI=1S/2C46H29N3O.C40H25N3O/c1-3-12-30(13-4-1)31-14-11-15-34(26-31)46-47-40(29-41(48-46)33-22-24-38-37-19-8-10-21-44(37)50-45(38)28-33)32-23-25-43-39(27-32)36-18-7-9-20-42(36)49(43)35-16-5-2-6-17-35;1-3-12-30(13-4-1)31-22-24-32(25-23-31)46-47-40(33-26-27-44-39(28-33)36-17-8-10-21-43(36)50-44)29-41(48-46)38-19-11-18-37-35-16-7-9-20-42(35)49(45(37)38)34-14-5-2-6-15-34;1-3-12-26(13-4-1)40-41-33(25-34(42-40)31-18-11-21-38-39(31)32-17-8-10-20-37(32)44-38)27-22-23-30-29-16-7-9-19-35(29)43(36(30)24-27)28-14-5-2-6-15-28/h2*1-29H;1-25H. The molecular formula is C132H83N9O3. The summed E-state index contributed by atoms with van der Waals surface area (Å²) in [6.07, 6.45) is 0. The van der Waals surface area contributed by atoms with Crippen LogP contribution in [0.25, 0.3) is 272 Å². The van der Waals surface area contributed by atoms with E-state index in [2.05, 4.69) is 432 Å². The van der Waals surface area contributed by atoms with Gasteiger partial charge < -0.3 is 27.0 Å². The van der Waals surface area contributed by atoms with E-state index in [1.807, 2.05) is 84.9 Å². The first-order chi connectivity index (χ1) is 71.4. The second-order valence-electron chi connectivity index (χ2n) is 36.3. The van der Waals surface area contributed by atoms with Crippen molar-refractivity contribution < 1.29 is 13.3 Å². The predicted molar refractivity (Wildman–Crippen MR) is 591 cm³/mol. The van der Waals surface area contributed by atoms with Crippen LogP contribution >= 0.6 is 0 Å². The lowest BCUT2D eigenvalue weighted by atomic mass is 10.0. The van der Waals surface area contributed by atoms with Gasteiger partial charge in [-0.1, -0.05) is 352 Å². The lowest BCUT2D eigenvalue weighted by molar-refractivity contribution is 0.668. The molecule has 0 N–H and O–H groups in total. The Morgan fingerprint density at radius 2 is 0.465 bits per heavy atom. The number of aromatic nitrogens is 9. The Labute approximate surface area is 826 Å². The first kappa shape index (κ1) is 83.8. The summed E-state index contributed by atoms with van der Waals surface area (Å²) in [4.78, 5) is 31.3. The molecule has 144 heavy (non-hydrogen) atoms. The molecule has 0 atom stereocenters. The van der Waals surface area contributed by atoms with Gasteiger partial charge in [-0.25, -0.2) is 29.9 Å². The summed E-state index contributed by atoms with van der Waals surface area (Å²) in [5.41, 5.74) is 34.2. The van der Waals surface area contributed by atoms with E-state index in [0.29, 0.717) is 17.5 Å². The Balaban J connectivity index is 0.000000108. The summed E-state index contributed by atoms with van der Waals surface area (Å²) in [6.45, 7) is 0. The van der Waals surface area contributed by atoms with E-state index in [1.165, 1.54) is 48.9 Å². The summed E-state index contributed by atoms with van der Waals surface area (Å²) in [5.74, 6) is 2.03. The van der Waals surface area contributed by atoms with Crippen molar-refractivity contribution in [2.75, 3.05) is 0 Å². The van der Waals surface area contributed by atoms with Crippen molar-refractivity contribution in [3.8, 4) is 141 Å². The maximum atomic E-state index is 6.29. The van der Waals surface area contributed by atoms with Crippen LogP contribution in [-0.4, -0.2) is 43.6 Å². The van der Waals surface area contributed by atoms with Crippen molar-refractivity contribution in [1.29, 1.82) is 0 Å². The summed E-state index contributed by atoms with van der Waals surface area (Å²) in [5, 5.41) is 13.7. The Morgan fingerprint density at radius 3 is 1.08 bits per heavy atom. The van der Waals surface area contributed by atoms with Gasteiger partial charge in [0.1, 0.15) is 33.5 Å². The monoisotopic (exact) mass is 1840 g/mol. The topological polar surface area (TPSA) is 132 Å². The third-order valence-corrected chi connectivity index (χ3v) is 27.7. The van der Waals surface area contributed by atoms with Crippen LogP contribution < -0.4 is 0 Å². The van der Waals surface area contributed by atoms with Crippen LogP contribution in [-0.2, 0) is 0 Å². The van der Waals surface area contributed by atoms with Crippen LogP contribution in [0.15, 0.2) is 517 Å². The molecule has 674 valence electrons. The van der Waals surface area contributed by atoms with E-state index in [1.54, 1.807) is 0 Å². The zero-order valence-electron chi connectivity index (χ0n) is 77.7. The fraction of sp³-hybridized carbons (Fsp3) is 0. The second kappa shape index (κ2) is 35.5. The van der Waals surface area contributed by atoms with Crippen molar-refractivity contribution >= 4 is 131 Å². The molecule has 0 unspecified atom stereocenters. The molecule has 0 bridgehead atoms. The fourth-order valence-corrected chi connectivity index (χ4v) is 20.9. The summed E-state index contributed by atoms with van der Waals surface area (Å²) >= 11 is 0. The van der Waals surface area contributed by atoms with Crippen LogP contribution in [0.1, 0.15) is 0 Å². The molecule has 9 heterocycles. The number of fused-ring (bicyclic) bond motifs is 18. The molecule has 29 rings (SSSR count). The van der Waals surface area contributed by atoms with Gasteiger partial charge in [0, 0.05) is 132 Å². The van der Waals surface area contributed by atoms with Gasteiger partial charge in [0.05, 0.1) is 67.3 Å². The molecule has 0 aliphatic rings. The quantitative estimate of drug-likeness (QED) is 0.104. The minimum atomic E-state index is 0.673. The van der Waals surface area contributed by atoms with E-state index < -0.39 is 0 Å². The van der Waals surface area contributed by atoms with Gasteiger partial charge in [-0.15, -0.1) is 0 Å². The normalized spacial score (nSPS) is 11.6. The van der Waals surface area contributed by atoms with Crippen LogP contribution in [0.2, 0.25) is 0 Å². The summed E-state index contributed by atoms with van der Waals surface area (Å²) in [6, 6.07) is 175. The molecule has 29 aromatic rings. The molecule has 0 radical (unpaired) electrons. The van der Waals surface area contributed by atoms with Gasteiger partial charge in [-0.3, -0.25) is 0 Å². The maximum Gasteiger partial charge on any atom is 0.160 e. The molecule has 0 spiro atoms. The van der Waals surface area contributed by atoms with Crippen LogP contribution in [0.3, 0.4) is 0 Å². The first-order valence-corrected chi connectivity index (χ1v) is 48.4. The smallest absolute Gasteiger partial charge is 0.160 e. The minimum absolute atomic E-state index is 0.673. The van der Waals surface area contributed by atoms with E-state index >= 15 is 0 Å². The predicted octanol–water partition coefficient (Wildman–Crippen LogP) is 34.8. The van der Waals surface area contributed by atoms with Crippen molar-refractivity contribution in [1.82, 2.24) is 43.6 Å². The van der Waals surface area contributed by atoms with Gasteiger partial charge in [0.25, 0.3) is 0 Å². The summed E-state index contributed by atoms with van der Waals surface area (Å²) in [7, 11) is 0. The number of rotatable bonds is 14. The van der Waals surface area contributed by atoms with Gasteiger partial charge in [0.15, 0.2) is 17.5 Å². The van der Waals surface area contributed by atoms with Crippen molar-refractivity contribution in [2.45, 2.75) is 0 Å². The van der Waals surface area contributed by atoms with Crippen LogP contribution in [0, 0.1) is 0 Å². The zero-order valence-corrected chi connectivity index (χ0v) is 77.7. The first-order valence-electron chi connectivity index (χ1n) is 48.4. The average molecular weight is 1840 g/mol. The molecule has 9 aromatic heterocycles. The Bertz CT molecular complexity index is 10000. The highest BCUT2D eigenvalue weighted by atomic mass is 16.3. The van der Waals surface area contributed by atoms with E-state index in [0.717, 1.165) is 206 Å². The number of benzene rings is 20. The fourth-order valence-electron chi connectivity index (χ4n) is 20.9. The van der Waals surface area contributed by atoms with Crippen molar-refractivity contribution in [3.63, 3.8) is 0 Å². The van der Waals surface area contributed by atoms with E-state index in [-0.39, 0.29) is 0 Å². The maximum absolute atomic E-state index is 6.29. The highest BCUT2D eigenvalue weighted by Gasteiger charge is 2.25. The molecule has 0 fully saturated rings. The third kappa shape index (κ3) is 15.0. The van der Waals surface area contributed by atoms with E-state index in [4.69, 9.17) is 43.2 Å². The minimum Gasteiger partial charge on any atom is -0.456 e. The Hall–Kier alpha value is -19.6. The van der Waals surface area contributed by atoms with Crippen molar-refractivity contribution in [2.24, 2.45) is 0 Å². The molecule has 20 aromatic carbocycles. The van der Waals surface area contributed by atoms with E-state index in [9.17, 15) is 0 Å². The number of hydrogen-bond acceptors (Lipinski definition) is 9. The van der Waals surface area contributed by atoms with Crippen LogP contribution in [0.4, 0.5) is 0 Å². The largest absolute Gasteiger partial charge is 0.456 e. The van der Waals surface area contributed by atoms with Gasteiger partial charge in [-0.2, -0.15) is 0 Å². The van der Waals surface area contributed by atoms with Gasteiger partial charge in [-0.05, 0) is 174 Å². The molecule has 12 heteroatoms. The zero-order chi connectivity index (χ0) is 95.1. The SMILES string of the molecule is c1ccc(-c2ccc(-c3nc(-c4ccc5oc6ccccc6c5c4)cc(-c4cccc5c6ccccc6n(-c6ccccc6)c45)n3)cc2)cc1.c1ccc(-c2cccc(-c3nc(-c4ccc5c(c4)oc4ccccc45)cc(-c4ccc5c(c4)c4ccccc4n5-c4ccccc4)n3)c2)cc1.c1ccc(-c2nc(-c3ccc4c5ccccc5n(-c5ccccc5)c4c3)cc(-c3cccc4oc5ccccc5c34)n2)cc1. The lowest BCUT2D eigenvalue weighted by Crippen LogP contribution is -1.99.